The van der Waals surface area contributed by atoms with Crippen molar-refractivity contribution in [2.45, 2.75) is 25.9 Å². The van der Waals surface area contributed by atoms with Crippen LogP contribution in [-0.2, 0) is 13.0 Å². The van der Waals surface area contributed by atoms with E-state index in [2.05, 4.69) is 28.8 Å². The molecule has 1 atom stereocenters. The van der Waals surface area contributed by atoms with Gasteiger partial charge in [0.1, 0.15) is 5.56 Å². The molecule has 6 heteroatoms. The average Bonchev–Trinajstić information content (AvgIpc) is 2.96. The average molecular weight is 266 g/mol. The molecule has 0 aliphatic rings. The number of rotatable bonds is 6. The molecule has 0 saturated carbocycles. The molecule has 2 aromatic heterocycles. The second-order valence-corrected chi connectivity index (χ2v) is 4.87. The molecule has 0 aliphatic carbocycles. The van der Waals surface area contributed by atoms with E-state index in [0.29, 0.717) is 12.3 Å². The first kappa shape index (κ1) is 12.8. The van der Waals surface area contributed by atoms with Crippen molar-refractivity contribution in [3.8, 4) is 0 Å². The lowest BCUT2D eigenvalue weighted by molar-refractivity contribution is 0.0694. The SMILES string of the molecule is CC(Cc1ccsc1)NCc1oncc1C(=O)O. The number of hydrogen-bond donors (Lipinski definition) is 2. The van der Waals surface area contributed by atoms with Crippen LogP contribution >= 0.6 is 11.3 Å². The van der Waals surface area contributed by atoms with Crippen molar-refractivity contribution in [1.82, 2.24) is 10.5 Å². The van der Waals surface area contributed by atoms with Crippen LogP contribution in [0.3, 0.4) is 0 Å². The summed E-state index contributed by atoms with van der Waals surface area (Å²) in [6.45, 7) is 2.42. The Morgan fingerprint density at radius 2 is 2.50 bits per heavy atom. The van der Waals surface area contributed by atoms with Gasteiger partial charge >= 0.3 is 5.97 Å². The zero-order valence-electron chi connectivity index (χ0n) is 9.92. The first-order chi connectivity index (χ1) is 8.66. The summed E-state index contributed by atoms with van der Waals surface area (Å²) in [6.07, 6.45) is 2.13. The Morgan fingerprint density at radius 3 is 3.17 bits per heavy atom. The van der Waals surface area contributed by atoms with Crippen molar-refractivity contribution in [2.24, 2.45) is 0 Å². The monoisotopic (exact) mass is 266 g/mol. The number of nitrogens with one attached hydrogen (secondary N) is 1. The first-order valence-corrected chi connectivity index (χ1v) is 6.52. The van der Waals surface area contributed by atoms with Gasteiger partial charge in [-0.25, -0.2) is 4.79 Å². The van der Waals surface area contributed by atoms with Gasteiger partial charge in [0.2, 0.25) is 0 Å². The van der Waals surface area contributed by atoms with Gasteiger partial charge in [-0.1, -0.05) is 5.16 Å². The highest BCUT2D eigenvalue weighted by Gasteiger charge is 2.15. The highest BCUT2D eigenvalue weighted by atomic mass is 32.1. The Labute approximate surface area is 108 Å². The number of aromatic nitrogens is 1. The maximum absolute atomic E-state index is 10.9. The molecule has 0 aromatic carbocycles. The smallest absolute Gasteiger partial charge is 0.341 e. The molecule has 5 nitrogen and oxygen atoms in total. The molecular formula is C12H14N2O3S. The van der Waals surface area contributed by atoms with Crippen molar-refractivity contribution >= 4 is 17.3 Å². The largest absolute Gasteiger partial charge is 0.478 e. The summed E-state index contributed by atoms with van der Waals surface area (Å²) in [5.41, 5.74) is 1.39. The summed E-state index contributed by atoms with van der Waals surface area (Å²) in [5, 5.41) is 19.8. The summed E-state index contributed by atoms with van der Waals surface area (Å²) >= 11 is 1.67. The zero-order chi connectivity index (χ0) is 13.0. The Bertz CT molecular complexity index is 507. The lowest BCUT2D eigenvalue weighted by Crippen LogP contribution is -2.27. The Morgan fingerprint density at radius 1 is 1.67 bits per heavy atom. The van der Waals surface area contributed by atoms with Crippen molar-refractivity contribution in [2.75, 3.05) is 0 Å². The van der Waals surface area contributed by atoms with Gasteiger partial charge in [-0.3, -0.25) is 0 Å². The number of carboxylic acids is 1. The van der Waals surface area contributed by atoms with E-state index in [4.69, 9.17) is 9.63 Å². The summed E-state index contributed by atoms with van der Waals surface area (Å²) in [6, 6.07) is 2.33. The molecule has 2 heterocycles. The van der Waals surface area contributed by atoms with Gasteiger partial charge in [0, 0.05) is 6.04 Å². The summed E-state index contributed by atoms with van der Waals surface area (Å²) < 4.78 is 4.92. The van der Waals surface area contributed by atoms with Crippen molar-refractivity contribution < 1.29 is 14.4 Å². The van der Waals surface area contributed by atoms with Crippen LogP contribution in [0.2, 0.25) is 0 Å². The molecule has 0 saturated heterocycles. The van der Waals surface area contributed by atoms with Gasteiger partial charge in [0.25, 0.3) is 0 Å². The highest BCUT2D eigenvalue weighted by Crippen LogP contribution is 2.10. The third-order valence-electron chi connectivity index (χ3n) is 2.61. The van der Waals surface area contributed by atoms with E-state index < -0.39 is 5.97 Å². The molecule has 2 N–H and O–H groups in total. The summed E-state index contributed by atoms with van der Waals surface area (Å²) in [4.78, 5) is 10.9. The van der Waals surface area contributed by atoms with Crippen LogP contribution in [0.1, 0.15) is 28.6 Å². The minimum absolute atomic E-state index is 0.116. The maximum atomic E-state index is 10.9. The Kier molecular flexibility index (Phi) is 4.11. The van der Waals surface area contributed by atoms with Gasteiger partial charge in [-0.05, 0) is 35.7 Å². The van der Waals surface area contributed by atoms with Gasteiger partial charge in [-0.15, -0.1) is 0 Å². The third kappa shape index (κ3) is 3.18. The molecule has 0 amide bonds. The van der Waals surface area contributed by atoms with Crippen LogP contribution in [0, 0.1) is 0 Å². The number of carboxylic acid groups (broad SMARTS) is 1. The fraction of sp³-hybridized carbons (Fsp3) is 0.333. The number of hydrogen-bond acceptors (Lipinski definition) is 5. The lowest BCUT2D eigenvalue weighted by atomic mass is 10.1. The fourth-order valence-corrected chi connectivity index (χ4v) is 2.35. The van der Waals surface area contributed by atoms with Crippen LogP contribution < -0.4 is 5.32 Å². The molecule has 0 aliphatic heterocycles. The van der Waals surface area contributed by atoms with E-state index in [1.807, 2.05) is 5.38 Å². The van der Waals surface area contributed by atoms with Gasteiger partial charge in [-0.2, -0.15) is 11.3 Å². The number of aromatic carboxylic acids is 1. The normalized spacial score (nSPS) is 12.5. The van der Waals surface area contributed by atoms with E-state index >= 15 is 0 Å². The zero-order valence-corrected chi connectivity index (χ0v) is 10.7. The van der Waals surface area contributed by atoms with E-state index in [9.17, 15) is 4.79 Å². The topological polar surface area (TPSA) is 75.4 Å². The molecule has 0 bridgehead atoms. The second-order valence-electron chi connectivity index (χ2n) is 4.09. The molecule has 1 unspecified atom stereocenters. The standard InChI is InChI=1S/C12H14N2O3S/c1-8(4-9-2-3-18-7-9)13-6-11-10(12(15)16)5-14-17-11/h2-3,5,7-8,13H,4,6H2,1H3,(H,15,16). The number of carbonyl (C=O) groups is 1. The van der Waals surface area contributed by atoms with Crippen LogP contribution in [0.15, 0.2) is 27.5 Å². The molecule has 18 heavy (non-hydrogen) atoms. The van der Waals surface area contributed by atoms with E-state index in [1.54, 1.807) is 11.3 Å². The summed E-state index contributed by atoms with van der Waals surface area (Å²) in [5.74, 6) is -0.654. The number of thiophene rings is 1. The van der Waals surface area contributed by atoms with Crippen LogP contribution in [0.5, 0.6) is 0 Å². The second kappa shape index (κ2) is 5.79. The predicted octanol–water partition coefficient (Wildman–Crippen LogP) is 2.16. The fourth-order valence-electron chi connectivity index (χ4n) is 1.67. The Hall–Kier alpha value is -1.66. The summed E-state index contributed by atoms with van der Waals surface area (Å²) in [7, 11) is 0. The van der Waals surface area contributed by atoms with Crippen LogP contribution in [-0.4, -0.2) is 22.3 Å². The van der Waals surface area contributed by atoms with E-state index in [1.165, 1.54) is 11.8 Å². The minimum Gasteiger partial charge on any atom is -0.478 e. The molecule has 2 rings (SSSR count). The van der Waals surface area contributed by atoms with E-state index in [0.717, 1.165) is 6.42 Å². The lowest BCUT2D eigenvalue weighted by Gasteiger charge is -2.11. The van der Waals surface area contributed by atoms with Crippen molar-refractivity contribution in [1.29, 1.82) is 0 Å². The van der Waals surface area contributed by atoms with Crippen LogP contribution in [0.25, 0.3) is 0 Å². The van der Waals surface area contributed by atoms with Crippen molar-refractivity contribution in [3.05, 3.63) is 39.9 Å². The molecule has 0 spiro atoms. The van der Waals surface area contributed by atoms with Gasteiger partial charge < -0.3 is 14.9 Å². The van der Waals surface area contributed by atoms with Crippen LogP contribution in [0.4, 0.5) is 0 Å². The Balaban J connectivity index is 1.87. The molecular weight excluding hydrogens is 252 g/mol. The highest BCUT2D eigenvalue weighted by molar-refractivity contribution is 7.07. The van der Waals surface area contributed by atoms with Crippen molar-refractivity contribution in [3.63, 3.8) is 0 Å². The molecule has 96 valence electrons. The number of nitrogens with zero attached hydrogens (tertiary/aromatic N) is 1. The predicted molar refractivity (Wildman–Crippen MR) is 67.8 cm³/mol. The molecule has 0 fully saturated rings. The minimum atomic E-state index is -1.02. The first-order valence-electron chi connectivity index (χ1n) is 5.58. The molecule has 2 aromatic rings. The molecule has 0 radical (unpaired) electrons. The van der Waals surface area contributed by atoms with E-state index in [-0.39, 0.29) is 11.6 Å². The van der Waals surface area contributed by atoms with Gasteiger partial charge in [0.05, 0.1) is 12.7 Å². The van der Waals surface area contributed by atoms with Gasteiger partial charge in [0.15, 0.2) is 5.76 Å². The quantitative estimate of drug-likeness (QED) is 0.838. The third-order valence-corrected chi connectivity index (χ3v) is 3.34. The maximum Gasteiger partial charge on any atom is 0.341 e.